The topological polar surface area (TPSA) is 84.5 Å². The summed E-state index contributed by atoms with van der Waals surface area (Å²) in [6.07, 6.45) is 3.94. The van der Waals surface area contributed by atoms with Crippen LogP contribution >= 0.6 is 0 Å². The van der Waals surface area contributed by atoms with Crippen LogP contribution in [-0.2, 0) is 11.3 Å². The number of carbonyl (C=O) groups is 1. The molecule has 1 saturated heterocycles. The lowest BCUT2D eigenvalue weighted by Crippen LogP contribution is -2.35. The molecular weight excluding hydrogens is 375 g/mol. The maximum Gasteiger partial charge on any atom is 0.352 e. The summed E-state index contributed by atoms with van der Waals surface area (Å²) < 4.78 is 15.8. The van der Waals surface area contributed by atoms with Gasteiger partial charge in [-0.1, -0.05) is 13.0 Å². The molecule has 1 amide bonds. The van der Waals surface area contributed by atoms with E-state index in [1.165, 1.54) is 23.0 Å². The molecule has 9 heteroatoms. The third-order valence-corrected chi connectivity index (χ3v) is 5.19. The number of nitrogens with zero attached hydrogens (tertiary/aromatic N) is 5. The molecule has 0 radical (unpaired) electrons. The molecule has 1 unspecified atom stereocenters. The van der Waals surface area contributed by atoms with E-state index in [2.05, 4.69) is 27.2 Å². The van der Waals surface area contributed by atoms with Gasteiger partial charge < -0.3 is 10.2 Å². The third kappa shape index (κ3) is 3.98. The van der Waals surface area contributed by atoms with E-state index < -0.39 is 17.4 Å². The Morgan fingerprint density at radius 2 is 2.17 bits per heavy atom. The lowest BCUT2D eigenvalue weighted by molar-refractivity contribution is -0.117. The van der Waals surface area contributed by atoms with Gasteiger partial charge in [-0.05, 0) is 49.4 Å². The second-order valence-electron chi connectivity index (χ2n) is 7.60. The highest BCUT2D eigenvalue weighted by Crippen LogP contribution is 2.21. The SMILES string of the molecule is Cc1ccc(F)cc1NC(=O)Cn1nc2nc(N3CCCC(C)C3)ccn2c1=O. The normalized spacial score (nSPS) is 16.9. The van der Waals surface area contributed by atoms with Gasteiger partial charge in [-0.2, -0.15) is 4.98 Å². The lowest BCUT2D eigenvalue weighted by atomic mass is 10.0. The van der Waals surface area contributed by atoms with Crippen molar-refractivity contribution >= 4 is 23.2 Å². The van der Waals surface area contributed by atoms with Crippen molar-refractivity contribution in [2.24, 2.45) is 5.92 Å². The fourth-order valence-electron chi connectivity index (χ4n) is 3.63. The van der Waals surface area contributed by atoms with Crippen LogP contribution in [0.15, 0.2) is 35.3 Å². The van der Waals surface area contributed by atoms with Gasteiger partial charge in [-0.25, -0.2) is 18.3 Å². The second kappa shape index (κ2) is 7.65. The van der Waals surface area contributed by atoms with Crippen LogP contribution in [0.5, 0.6) is 0 Å². The zero-order chi connectivity index (χ0) is 20.5. The Morgan fingerprint density at radius 3 is 2.97 bits per heavy atom. The standard InChI is InChI=1S/C20H23FN6O2/c1-13-4-3-8-25(11-13)17-7-9-26-19(23-17)24-27(20(26)29)12-18(28)22-16-10-15(21)6-5-14(16)2/h5-7,9-10,13H,3-4,8,11-12H2,1-2H3,(H,22,28). The number of rotatable bonds is 4. The molecule has 3 aromatic rings. The molecule has 152 valence electrons. The van der Waals surface area contributed by atoms with Gasteiger partial charge in [-0.15, -0.1) is 5.10 Å². The van der Waals surface area contributed by atoms with Gasteiger partial charge in [0.1, 0.15) is 18.2 Å². The number of benzene rings is 1. The summed E-state index contributed by atoms with van der Waals surface area (Å²) in [6, 6.07) is 5.95. The van der Waals surface area contributed by atoms with Crippen LogP contribution in [0.1, 0.15) is 25.3 Å². The Labute approximate surface area is 167 Å². The Morgan fingerprint density at radius 1 is 1.34 bits per heavy atom. The van der Waals surface area contributed by atoms with Crippen molar-refractivity contribution in [2.75, 3.05) is 23.3 Å². The molecule has 0 bridgehead atoms. The molecule has 2 aromatic heterocycles. The van der Waals surface area contributed by atoms with Gasteiger partial charge >= 0.3 is 5.69 Å². The maximum atomic E-state index is 13.4. The second-order valence-corrected chi connectivity index (χ2v) is 7.60. The summed E-state index contributed by atoms with van der Waals surface area (Å²) in [6.45, 7) is 5.54. The van der Waals surface area contributed by atoms with Crippen LogP contribution in [0.4, 0.5) is 15.9 Å². The van der Waals surface area contributed by atoms with E-state index in [9.17, 15) is 14.0 Å². The van der Waals surface area contributed by atoms with E-state index >= 15 is 0 Å². The highest BCUT2D eigenvalue weighted by molar-refractivity contribution is 5.91. The highest BCUT2D eigenvalue weighted by Gasteiger charge is 2.19. The van der Waals surface area contributed by atoms with Gasteiger partial charge in [-0.3, -0.25) is 4.79 Å². The summed E-state index contributed by atoms with van der Waals surface area (Å²) in [5.74, 6) is 0.715. The number of carbonyl (C=O) groups excluding carboxylic acids is 1. The van der Waals surface area contributed by atoms with Crippen LogP contribution in [0.25, 0.3) is 5.78 Å². The lowest BCUT2D eigenvalue weighted by Gasteiger charge is -2.31. The number of hydrogen-bond donors (Lipinski definition) is 1. The molecule has 1 fully saturated rings. The number of aromatic nitrogens is 4. The molecule has 4 rings (SSSR count). The van der Waals surface area contributed by atoms with Crippen LogP contribution < -0.4 is 15.9 Å². The summed E-state index contributed by atoms with van der Waals surface area (Å²) in [5.41, 5.74) is 0.646. The number of halogens is 1. The van der Waals surface area contributed by atoms with Crippen molar-refractivity contribution in [3.63, 3.8) is 0 Å². The Hall–Kier alpha value is -3.23. The van der Waals surface area contributed by atoms with Crippen molar-refractivity contribution < 1.29 is 9.18 Å². The van der Waals surface area contributed by atoms with Gasteiger partial charge in [0, 0.05) is 25.0 Å². The Bertz CT molecular complexity index is 1120. The minimum atomic E-state index is -0.464. The molecule has 0 spiro atoms. The first-order chi connectivity index (χ1) is 13.9. The predicted octanol–water partition coefficient (Wildman–Crippen LogP) is 2.21. The first kappa shape index (κ1) is 19.1. The molecule has 1 aliphatic heterocycles. The van der Waals surface area contributed by atoms with E-state index in [0.29, 0.717) is 11.6 Å². The van der Waals surface area contributed by atoms with Crippen LogP contribution in [-0.4, -0.2) is 38.2 Å². The smallest absolute Gasteiger partial charge is 0.352 e. The van der Waals surface area contributed by atoms with E-state index in [1.54, 1.807) is 25.3 Å². The zero-order valence-corrected chi connectivity index (χ0v) is 16.4. The van der Waals surface area contributed by atoms with Crippen molar-refractivity contribution in [3.05, 3.63) is 52.3 Å². The zero-order valence-electron chi connectivity index (χ0n) is 16.4. The molecule has 3 heterocycles. The molecule has 1 atom stereocenters. The average Bonchev–Trinajstić information content (AvgIpc) is 2.99. The summed E-state index contributed by atoms with van der Waals surface area (Å²) >= 11 is 0. The van der Waals surface area contributed by atoms with E-state index in [-0.39, 0.29) is 12.3 Å². The third-order valence-electron chi connectivity index (χ3n) is 5.19. The molecular formula is C20H23FN6O2. The number of anilines is 2. The molecule has 1 aromatic carbocycles. The van der Waals surface area contributed by atoms with Gasteiger partial charge in [0.05, 0.1) is 0 Å². The average molecular weight is 398 g/mol. The summed E-state index contributed by atoms with van der Waals surface area (Å²) in [4.78, 5) is 31.6. The number of fused-ring (bicyclic) bond motifs is 1. The van der Waals surface area contributed by atoms with Crippen LogP contribution in [0.3, 0.4) is 0 Å². The minimum Gasteiger partial charge on any atom is -0.356 e. The molecule has 1 N–H and O–H groups in total. The largest absolute Gasteiger partial charge is 0.356 e. The van der Waals surface area contributed by atoms with Crippen molar-refractivity contribution in [3.8, 4) is 0 Å². The van der Waals surface area contributed by atoms with Crippen molar-refractivity contribution in [2.45, 2.75) is 33.2 Å². The number of hydrogen-bond acceptors (Lipinski definition) is 5. The monoisotopic (exact) mass is 398 g/mol. The first-order valence-corrected chi connectivity index (χ1v) is 9.68. The van der Waals surface area contributed by atoms with Crippen LogP contribution in [0, 0.1) is 18.7 Å². The predicted molar refractivity (Wildman–Crippen MR) is 108 cm³/mol. The molecule has 8 nitrogen and oxygen atoms in total. The highest BCUT2D eigenvalue weighted by atomic mass is 19.1. The van der Waals surface area contributed by atoms with Gasteiger partial charge in [0.2, 0.25) is 5.91 Å². The fourth-order valence-corrected chi connectivity index (χ4v) is 3.63. The molecule has 1 aliphatic rings. The summed E-state index contributed by atoms with van der Waals surface area (Å²) in [5, 5.41) is 6.83. The fraction of sp³-hybridized carbons (Fsp3) is 0.400. The molecule has 0 saturated carbocycles. The molecule has 29 heavy (non-hydrogen) atoms. The quantitative estimate of drug-likeness (QED) is 0.728. The molecule has 0 aliphatic carbocycles. The summed E-state index contributed by atoms with van der Waals surface area (Å²) in [7, 11) is 0. The van der Waals surface area contributed by atoms with E-state index in [1.807, 2.05) is 0 Å². The minimum absolute atomic E-state index is 0.250. The van der Waals surface area contributed by atoms with E-state index in [4.69, 9.17) is 0 Å². The Kier molecular flexibility index (Phi) is 5.04. The van der Waals surface area contributed by atoms with Gasteiger partial charge in [0.25, 0.3) is 5.78 Å². The Balaban J connectivity index is 1.54. The number of aryl methyl sites for hydroxylation is 1. The number of piperidine rings is 1. The van der Waals surface area contributed by atoms with Gasteiger partial charge in [0.15, 0.2) is 0 Å². The van der Waals surface area contributed by atoms with E-state index in [0.717, 1.165) is 35.6 Å². The van der Waals surface area contributed by atoms with Crippen molar-refractivity contribution in [1.29, 1.82) is 0 Å². The van der Waals surface area contributed by atoms with Crippen LogP contribution in [0.2, 0.25) is 0 Å². The number of amides is 1. The first-order valence-electron chi connectivity index (χ1n) is 9.68. The van der Waals surface area contributed by atoms with Crippen molar-refractivity contribution in [1.82, 2.24) is 19.2 Å². The maximum absolute atomic E-state index is 13.4. The number of nitrogens with one attached hydrogen (secondary N) is 1.